The van der Waals surface area contributed by atoms with Gasteiger partial charge in [-0.25, -0.2) is 14.6 Å². The fourth-order valence-corrected chi connectivity index (χ4v) is 4.48. The molecule has 45 heavy (non-hydrogen) atoms. The average Bonchev–Trinajstić information content (AvgIpc) is 3.42. The summed E-state index contributed by atoms with van der Waals surface area (Å²) in [6.07, 6.45) is -3.88. The smallest absolute Gasteiger partial charge is 0.384 e. The monoisotopic (exact) mass is 615 g/mol. The number of halogens is 3. The summed E-state index contributed by atoms with van der Waals surface area (Å²) in [5.74, 6) is -5.00. The second kappa shape index (κ2) is 12.8. The number of ether oxygens (including phenoxy) is 2. The molecule has 4 N–H and O–H groups in total. The minimum Gasteiger partial charge on any atom is -0.384 e. The molecule has 0 aliphatic heterocycles. The summed E-state index contributed by atoms with van der Waals surface area (Å²) < 4.78 is 50.1. The number of benzene rings is 4. The minimum absolute atomic E-state index is 0.0327. The van der Waals surface area contributed by atoms with E-state index in [4.69, 9.17) is 15.9 Å². The highest BCUT2D eigenvalue weighted by Crippen LogP contribution is 2.33. The fraction of sp³-hybridized carbons (Fsp3) is 0.0938. The van der Waals surface area contributed by atoms with Crippen molar-refractivity contribution < 1.29 is 37.0 Å². The molecule has 0 aliphatic rings. The zero-order valence-corrected chi connectivity index (χ0v) is 23.3. The van der Waals surface area contributed by atoms with Crippen LogP contribution >= 0.6 is 0 Å². The summed E-state index contributed by atoms with van der Waals surface area (Å²) >= 11 is 0. The first-order chi connectivity index (χ1) is 21.5. The van der Waals surface area contributed by atoms with Crippen molar-refractivity contribution >= 4 is 40.4 Å². The molecule has 10 nitrogen and oxygen atoms in total. The van der Waals surface area contributed by atoms with E-state index >= 15 is 0 Å². The Morgan fingerprint density at radius 3 is 2.27 bits per heavy atom. The van der Waals surface area contributed by atoms with Crippen molar-refractivity contribution in [3.63, 3.8) is 0 Å². The average molecular weight is 616 g/mol. The zero-order chi connectivity index (χ0) is 32.1. The number of carbonyl (C=O) groups is 3. The highest BCUT2D eigenvalue weighted by atomic mass is 19.4. The number of esters is 2. The third-order valence-electron chi connectivity index (χ3n) is 6.65. The number of nitrogens with one attached hydrogen (secondary N) is 2. The van der Waals surface area contributed by atoms with Crippen LogP contribution < -0.4 is 11.1 Å². The highest BCUT2D eigenvalue weighted by Gasteiger charge is 2.43. The van der Waals surface area contributed by atoms with Crippen LogP contribution in [0.15, 0.2) is 97.3 Å². The molecule has 1 heterocycles. The topological polar surface area (TPSA) is 149 Å². The van der Waals surface area contributed by atoms with E-state index < -0.39 is 24.0 Å². The van der Waals surface area contributed by atoms with Gasteiger partial charge < -0.3 is 25.1 Å². The third-order valence-corrected chi connectivity index (χ3v) is 6.65. The van der Waals surface area contributed by atoms with Crippen LogP contribution in [0.1, 0.15) is 31.8 Å². The second-order valence-corrected chi connectivity index (χ2v) is 9.73. The SMILES string of the molecule is N=C(N)c1ccc(NC(=O)c2cc3c(cc2-c2ccccc2C(=O)OC(=O)C(F)(F)F)ncn3COCc2ccccc2)cc1. The van der Waals surface area contributed by atoms with E-state index in [0.717, 1.165) is 5.56 Å². The van der Waals surface area contributed by atoms with Crippen LogP contribution in [0.25, 0.3) is 22.2 Å². The van der Waals surface area contributed by atoms with Gasteiger partial charge in [0.15, 0.2) is 0 Å². The molecule has 5 aromatic rings. The zero-order valence-electron chi connectivity index (χ0n) is 23.3. The number of nitrogens with two attached hydrogens (primary N) is 1. The van der Waals surface area contributed by atoms with Gasteiger partial charge >= 0.3 is 18.1 Å². The molecule has 0 unspecified atom stereocenters. The summed E-state index contributed by atoms with van der Waals surface area (Å²) in [4.78, 5) is 42.3. The van der Waals surface area contributed by atoms with E-state index in [1.54, 1.807) is 28.8 Å². The summed E-state index contributed by atoms with van der Waals surface area (Å²) in [6, 6.07) is 24.2. The van der Waals surface area contributed by atoms with E-state index in [1.165, 1.54) is 42.7 Å². The first-order valence-electron chi connectivity index (χ1n) is 13.3. The molecule has 0 aliphatic carbocycles. The minimum atomic E-state index is -5.39. The Balaban J connectivity index is 1.54. The van der Waals surface area contributed by atoms with Gasteiger partial charge in [0.05, 0.1) is 29.5 Å². The lowest BCUT2D eigenvalue weighted by Crippen LogP contribution is -2.28. The summed E-state index contributed by atoms with van der Waals surface area (Å²) in [7, 11) is 0. The molecule has 1 aromatic heterocycles. The summed E-state index contributed by atoms with van der Waals surface area (Å²) in [5, 5.41) is 10.3. The summed E-state index contributed by atoms with van der Waals surface area (Å²) in [6.45, 7) is 0.398. The summed E-state index contributed by atoms with van der Waals surface area (Å²) in [5.41, 5.74) is 7.99. The molecule has 0 radical (unpaired) electrons. The molecule has 13 heteroatoms. The van der Waals surface area contributed by atoms with E-state index in [2.05, 4.69) is 15.0 Å². The Morgan fingerprint density at radius 1 is 0.889 bits per heavy atom. The van der Waals surface area contributed by atoms with Gasteiger partial charge in [0.2, 0.25) is 0 Å². The van der Waals surface area contributed by atoms with Crippen molar-refractivity contribution in [1.82, 2.24) is 9.55 Å². The number of anilines is 1. The number of amidine groups is 1. The second-order valence-electron chi connectivity index (χ2n) is 9.73. The number of alkyl halides is 3. The molecule has 0 bridgehead atoms. The molecule has 0 atom stereocenters. The van der Waals surface area contributed by atoms with Gasteiger partial charge in [-0.1, -0.05) is 48.5 Å². The number of nitrogens with zero attached hydrogens (tertiary/aromatic N) is 2. The van der Waals surface area contributed by atoms with Crippen molar-refractivity contribution in [3.05, 3.63) is 120 Å². The molecule has 0 fully saturated rings. The van der Waals surface area contributed by atoms with Crippen LogP contribution in [0.3, 0.4) is 0 Å². The third kappa shape index (κ3) is 7.05. The number of carbonyl (C=O) groups excluding carboxylic acids is 3. The van der Waals surface area contributed by atoms with Gasteiger partial charge in [-0.3, -0.25) is 10.2 Å². The van der Waals surface area contributed by atoms with Crippen LogP contribution in [0.5, 0.6) is 0 Å². The number of rotatable bonds is 9. The van der Waals surface area contributed by atoms with Crippen molar-refractivity contribution in [1.29, 1.82) is 5.41 Å². The van der Waals surface area contributed by atoms with Gasteiger partial charge in [0.25, 0.3) is 5.91 Å². The maximum absolute atomic E-state index is 13.7. The van der Waals surface area contributed by atoms with Crippen molar-refractivity contribution in [2.75, 3.05) is 5.32 Å². The van der Waals surface area contributed by atoms with Crippen molar-refractivity contribution in [3.8, 4) is 11.1 Å². The van der Waals surface area contributed by atoms with Gasteiger partial charge in [-0.2, -0.15) is 13.2 Å². The van der Waals surface area contributed by atoms with E-state index in [0.29, 0.717) is 28.9 Å². The Bertz CT molecular complexity index is 1900. The molecule has 4 aromatic carbocycles. The van der Waals surface area contributed by atoms with Crippen LogP contribution in [-0.4, -0.2) is 39.4 Å². The van der Waals surface area contributed by atoms with Crippen LogP contribution in [-0.2, 0) is 27.6 Å². The van der Waals surface area contributed by atoms with E-state index in [9.17, 15) is 27.6 Å². The first-order valence-corrected chi connectivity index (χ1v) is 13.3. The highest BCUT2D eigenvalue weighted by molar-refractivity contribution is 6.13. The Kier molecular flexibility index (Phi) is 8.72. The maximum Gasteiger partial charge on any atom is 0.491 e. The van der Waals surface area contributed by atoms with E-state index in [1.807, 2.05) is 30.3 Å². The van der Waals surface area contributed by atoms with E-state index in [-0.39, 0.29) is 34.8 Å². The van der Waals surface area contributed by atoms with Gasteiger partial charge in [-0.05, 0) is 59.2 Å². The van der Waals surface area contributed by atoms with Crippen molar-refractivity contribution in [2.24, 2.45) is 5.73 Å². The lowest BCUT2D eigenvalue weighted by atomic mass is 9.94. The van der Waals surface area contributed by atoms with Crippen LogP contribution in [0.4, 0.5) is 18.9 Å². The molecule has 0 saturated heterocycles. The van der Waals surface area contributed by atoms with Gasteiger partial charge in [-0.15, -0.1) is 0 Å². The Hall–Kier alpha value is -5.82. The standard InChI is InChI=1S/C32H24F3N5O5/c33-32(34,35)31(43)45-30(42)23-9-5-4-8-22(23)24-14-26-27(40(17-38-26)18-44-16-19-6-2-1-3-7-19)15-25(24)29(41)39-21-12-10-20(11-13-21)28(36)37/h1-15,17H,16,18H2,(H3,36,37)(H,39,41). The predicted octanol–water partition coefficient (Wildman–Crippen LogP) is 5.66. The number of aromatic nitrogens is 2. The first kappa shape index (κ1) is 30.6. The largest absolute Gasteiger partial charge is 0.491 e. The molecule has 1 amide bonds. The maximum atomic E-state index is 13.7. The number of imidazole rings is 1. The number of fused-ring (bicyclic) bond motifs is 1. The molecule has 5 rings (SSSR count). The lowest BCUT2D eigenvalue weighted by molar-refractivity contribution is -0.193. The normalized spacial score (nSPS) is 11.3. The lowest BCUT2D eigenvalue weighted by Gasteiger charge is -2.15. The number of amides is 1. The van der Waals surface area contributed by atoms with Crippen LogP contribution in [0, 0.1) is 5.41 Å². The number of hydrogen-bond acceptors (Lipinski definition) is 7. The Labute approximate surface area is 253 Å². The van der Waals surface area contributed by atoms with Crippen molar-refractivity contribution in [2.45, 2.75) is 19.5 Å². The molecule has 228 valence electrons. The molecular weight excluding hydrogens is 591 g/mol. The quantitative estimate of drug-likeness (QED) is 0.0838. The van der Waals surface area contributed by atoms with Gasteiger partial charge in [0.1, 0.15) is 12.6 Å². The van der Waals surface area contributed by atoms with Crippen LogP contribution in [0.2, 0.25) is 0 Å². The molecular formula is C32H24F3N5O5. The van der Waals surface area contributed by atoms with Gasteiger partial charge in [0, 0.05) is 16.8 Å². The molecule has 0 saturated carbocycles. The predicted molar refractivity (Wildman–Crippen MR) is 158 cm³/mol. The Morgan fingerprint density at radius 2 is 1.58 bits per heavy atom. The number of nitrogen functional groups attached to an aromatic ring is 1. The molecule has 0 spiro atoms. The number of hydrogen-bond donors (Lipinski definition) is 3. The fourth-order valence-electron chi connectivity index (χ4n) is 4.48.